The highest BCUT2D eigenvalue weighted by atomic mass is 35.5. The summed E-state index contributed by atoms with van der Waals surface area (Å²) in [6.45, 7) is 1.59. The minimum Gasteiger partial charge on any atom is -0.488 e. The van der Waals surface area contributed by atoms with Gasteiger partial charge in [-0.2, -0.15) is 13.2 Å². The molecule has 0 bridgehead atoms. The number of allylic oxidation sites excluding steroid dienone is 2. The van der Waals surface area contributed by atoms with Gasteiger partial charge in [-0.1, -0.05) is 29.3 Å². The number of esters is 1. The van der Waals surface area contributed by atoms with Crippen LogP contribution in [0.1, 0.15) is 59.1 Å². The number of alkyl halides is 3. The Labute approximate surface area is 220 Å². The van der Waals surface area contributed by atoms with Gasteiger partial charge in [-0.05, 0) is 79.8 Å². The van der Waals surface area contributed by atoms with Crippen LogP contribution in [0.15, 0.2) is 48.5 Å². The van der Waals surface area contributed by atoms with E-state index in [0.717, 1.165) is 6.07 Å². The molecule has 0 N–H and O–H groups in total. The molecule has 1 aromatic heterocycles. The van der Waals surface area contributed by atoms with Crippen LogP contribution in [0, 0.1) is 5.82 Å². The second-order valence-electron chi connectivity index (χ2n) is 8.32. The lowest BCUT2D eigenvalue weighted by atomic mass is 9.98. The average Bonchev–Trinajstić information content (AvgIpc) is 3.33. The van der Waals surface area contributed by atoms with E-state index in [1.54, 1.807) is 25.1 Å². The van der Waals surface area contributed by atoms with Crippen LogP contribution in [0.5, 0.6) is 5.75 Å². The van der Waals surface area contributed by atoms with Gasteiger partial charge in [-0.15, -0.1) is 0 Å². The maximum atomic E-state index is 13.7. The first kappa shape index (κ1) is 26.9. The van der Waals surface area contributed by atoms with Gasteiger partial charge in [0.25, 0.3) is 0 Å². The van der Waals surface area contributed by atoms with E-state index in [2.05, 4.69) is 4.98 Å². The number of carbonyl (C=O) groups excluding carboxylic acids is 1. The normalized spacial score (nSPS) is 13.7. The van der Waals surface area contributed by atoms with Crippen LogP contribution < -0.4 is 4.74 Å². The van der Waals surface area contributed by atoms with E-state index in [-0.39, 0.29) is 23.9 Å². The molecule has 0 saturated carbocycles. The zero-order valence-corrected chi connectivity index (χ0v) is 21.1. The number of nitrogens with zero attached hydrogens (tertiary/aromatic N) is 1. The van der Waals surface area contributed by atoms with Gasteiger partial charge in [0.1, 0.15) is 23.9 Å². The van der Waals surface area contributed by atoms with Gasteiger partial charge < -0.3 is 9.47 Å². The molecule has 0 atom stereocenters. The first-order valence-corrected chi connectivity index (χ1v) is 12.2. The molecule has 0 amide bonds. The van der Waals surface area contributed by atoms with Crippen molar-refractivity contribution in [3.63, 3.8) is 0 Å². The molecule has 37 heavy (non-hydrogen) atoms. The number of hydrogen-bond acceptors (Lipinski definition) is 4. The molecule has 0 aliphatic heterocycles. The number of benzene rings is 2. The number of halogens is 6. The molecule has 1 aliphatic carbocycles. The molecule has 4 rings (SSSR count). The molecule has 1 aliphatic rings. The summed E-state index contributed by atoms with van der Waals surface area (Å²) in [5.74, 6) is -0.979. The maximum Gasteiger partial charge on any atom is 0.416 e. The summed E-state index contributed by atoms with van der Waals surface area (Å²) in [5.41, 5.74) is 1.05. The van der Waals surface area contributed by atoms with Crippen molar-refractivity contribution in [3.05, 3.63) is 92.5 Å². The molecule has 3 aromatic rings. The van der Waals surface area contributed by atoms with Crippen molar-refractivity contribution in [3.8, 4) is 5.75 Å². The molecule has 0 radical (unpaired) electrons. The maximum absolute atomic E-state index is 13.7. The van der Waals surface area contributed by atoms with Gasteiger partial charge >= 0.3 is 12.1 Å². The molecule has 0 saturated heterocycles. The number of aromatic nitrogens is 1. The zero-order chi connectivity index (χ0) is 26.7. The van der Waals surface area contributed by atoms with E-state index in [9.17, 15) is 22.4 Å². The predicted molar refractivity (Wildman–Crippen MR) is 133 cm³/mol. The van der Waals surface area contributed by atoms with Gasteiger partial charge in [-0.25, -0.2) is 14.2 Å². The molecule has 194 valence electrons. The molecule has 1 heterocycles. The molecule has 2 aromatic carbocycles. The minimum atomic E-state index is -4.68. The Morgan fingerprint density at radius 2 is 1.78 bits per heavy atom. The van der Waals surface area contributed by atoms with Crippen molar-refractivity contribution >= 4 is 40.3 Å². The fourth-order valence-electron chi connectivity index (χ4n) is 4.14. The number of carbonyl (C=O) groups is 1. The minimum absolute atomic E-state index is 0.00131. The van der Waals surface area contributed by atoms with Gasteiger partial charge in [0.2, 0.25) is 0 Å². The quantitative estimate of drug-likeness (QED) is 0.217. The van der Waals surface area contributed by atoms with Crippen LogP contribution in [-0.4, -0.2) is 17.6 Å². The Morgan fingerprint density at radius 1 is 1.03 bits per heavy atom. The number of hydrogen-bond donors (Lipinski definition) is 0. The lowest BCUT2D eigenvalue weighted by Gasteiger charge is -2.16. The Kier molecular flexibility index (Phi) is 8.09. The zero-order valence-electron chi connectivity index (χ0n) is 19.6. The molecule has 0 unspecified atom stereocenters. The van der Waals surface area contributed by atoms with Crippen molar-refractivity contribution in [2.24, 2.45) is 0 Å². The highest BCUT2D eigenvalue weighted by Crippen LogP contribution is 2.44. The SMILES string of the molecule is CCOC(=O)c1cc(C(F)(F)F)cc(C2=C(c3cc(Cl)ccc3OCc3ccc(F)cc3Cl)CCC2)n1. The molecular weight excluding hydrogens is 533 g/mol. The Hall–Kier alpha value is -3.10. The Morgan fingerprint density at radius 3 is 2.49 bits per heavy atom. The Balaban J connectivity index is 1.78. The third-order valence-electron chi connectivity index (χ3n) is 5.83. The number of ether oxygens (including phenoxy) is 2. The molecule has 0 fully saturated rings. The van der Waals surface area contributed by atoms with Gasteiger partial charge in [0.05, 0.1) is 22.9 Å². The summed E-state index contributed by atoms with van der Waals surface area (Å²) in [4.78, 5) is 16.5. The van der Waals surface area contributed by atoms with E-state index >= 15 is 0 Å². The van der Waals surface area contributed by atoms with Crippen LogP contribution in [-0.2, 0) is 17.5 Å². The van der Waals surface area contributed by atoms with Crippen LogP contribution in [0.4, 0.5) is 17.6 Å². The largest absolute Gasteiger partial charge is 0.488 e. The van der Waals surface area contributed by atoms with Gasteiger partial charge in [-0.3, -0.25) is 0 Å². The third-order valence-corrected chi connectivity index (χ3v) is 6.42. The molecule has 4 nitrogen and oxygen atoms in total. The van der Waals surface area contributed by atoms with Crippen molar-refractivity contribution in [1.29, 1.82) is 0 Å². The second-order valence-corrected chi connectivity index (χ2v) is 9.16. The molecule has 10 heteroatoms. The summed E-state index contributed by atoms with van der Waals surface area (Å²) in [6.07, 6.45) is -3.04. The lowest BCUT2D eigenvalue weighted by Crippen LogP contribution is -2.13. The van der Waals surface area contributed by atoms with Crippen molar-refractivity contribution in [2.75, 3.05) is 6.61 Å². The van der Waals surface area contributed by atoms with Crippen LogP contribution in [0.25, 0.3) is 11.1 Å². The van der Waals surface area contributed by atoms with E-state index in [4.69, 9.17) is 32.7 Å². The van der Waals surface area contributed by atoms with E-state index in [1.807, 2.05) is 0 Å². The number of rotatable bonds is 7. The van der Waals surface area contributed by atoms with Gasteiger partial charge in [0, 0.05) is 16.1 Å². The van der Waals surface area contributed by atoms with E-state index in [0.29, 0.717) is 58.4 Å². The number of pyridine rings is 1. The summed E-state index contributed by atoms with van der Waals surface area (Å²) in [7, 11) is 0. The highest BCUT2D eigenvalue weighted by Gasteiger charge is 2.34. The van der Waals surface area contributed by atoms with E-state index < -0.39 is 29.2 Å². The molecular formula is C27H21Cl2F4NO3. The first-order chi connectivity index (χ1) is 17.6. The summed E-state index contributed by atoms with van der Waals surface area (Å²) < 4.78 is 65.3. The monoisotopic (exact) mass is 553 g/mol. The van der Waals surface area contributed by atoms with Crippen LogP contribution in [0.2, 0.25) is 10.0 Å². The van der Waals surface area contributed by atoms with Crippen LogP contribution >= 0.6 is 23.2 Å². The van der Waals surface area contributed by atoms with Crippen molar-refractivity contribution in [2.45, 2.75) is 39.0 Å². The summed E-state index contributed by atoms with van der Waals surface area (Å²) in [5, 5.41) is 0.612. The third kappa shape index (κ3) is 6.25. The van der Waals surface area contributed by atoms with Crippen LogP contribution in [0.3, 0.4) is 0 Å². The second kappa shape index (κ2) is 11.1. The van der Waals surface area contributed by atoms with Crippen molar-refractivity contribution in [1.82, 2.24) is 4.98 Å². The van der Waals surface area contributed by atoms with E-state index in [1.165, 1.54) is 18.2 Å². The lowest BCUT2D eigenvalue weighted by molar-refractivity contribution is -0.137. The van der Waals surface area contributed by atoms with Crippen molar-refractivity contribution < 1.29 is 31.8 Å². The Bertz CT molecular complexity index is 1370. The molecule has 0 spiro atoms. The summed E-state index contributed by atoms with van der Waals surface area (Å²) in [6, 6.07) is 10.5. The fraction of sp³-hybridized carbons (Fsp3) is 0.259. The smallest absolute Gasteiger partial charge is 0.416 e. The van der Waals surface area contributed by atoms with Gasteiger partial charge in [0.15, 0.2) is 0 Å². The topological polar surface area (TPSA) is 48.4 Å². The fourth-order valence-corrected chi connectivity index (χ4v) is 4.53. The summed E-state index contributed by atoms with van der Waals surface area (Å²) >= 11 is 12.4. The predicted octanol–water partition coefficient (Wildman–Crippen LogP) is 8.40. The first-order valence-electron chi connectivity index (χ1n) is 11.4. The average molecular weight is 554 g/mol. The standard InChI is InChI=1S/C27H21Cl2F4NO3/c1-2-36-26(35)24-11-16(27(31,32)33)10-23(34-24)20-5-3-4-19(20)21-12-17(28)7-9-25(21)37-14-15-6-8-18(30)13-22(15)29/h6-13H,2-5,14H2,1H3. The highest BCUT2D eigenvalue weighted by molar-refractivity contribution is 6.31.